The van der Waals surface area contributed by atoms with Gasteiger partial charge in [0.05, 0.1) is 29.9 Å². The van der Waals surface area contributed by atoms with Crippen LogP contribution in [-0.4, -0.2) is 35.5 Å². The van der Waals surface area contributed by atoms with Crippen LogP contribution in [0.1, 0.15) is 73.6 Å². The third-order valence-corrected chi connectivity index (χ3v) is 6.49. The Bertz CT molecular complexity index is 1410. The fourth-order valence-electron chi connectivity index (χ4n) is 4.68. The van der Waals surface area contributed by atoms with E-state index in [1.54, 1.807) is 56.3 Å². The van der Waals surface area contributed by atoms with Gasteiger partial charge in [-0.05, 0) is 80.3 Å². The highest BCUT2D eigenvalue weighted by atomic mass is 16.5. The van der Waals surface area contributed by atoms with Gasteiger partial charge in [0, 0.05) is 11.3 Å². The van der Waals surface area contributed by atoms with Crippen LogP contribution in [0.5, 0.6) is 5.75 Å². The highest BCUT2D eigenvalue weighted by molar-refractivity contribution is 6.51. The van der Waals surface area contributed by atoms with Crippen LogP contribution in [-0.2, 0) is 14.3 Å². The number of aliphatic hydroxyl groups excluding tert-OH is 1. The van der Waals surface area contributed by atoms with Crippen LogP contribution >= 0.6 is 0 Å². The van der Waals surface area contributed by atoms with Gasteiger partial charge in [0.25, 0.3) is 11.7 Å². The maximum Gasteiger partial charge on any atom is 0.338 e. The summed E-state index contributed by atoms with van der Waals surface area (Å²) in [6.45, 7) is 9.97. The van der Waals surface area contributed by atoms with Crippen LogP contribution in [0.15, 0.2) is 78.4 Å². The molecule has 0 bridgehead atoms. The number of carbonyl (C=O) groups excluding carboxylic acids is 3. The number of carbonyl (C=O) groups is 3. The molecule has 7 heteroatoms. The summed E-state index contributed by atoms with van der Waals surface area (Å²) in [5.41, 5.74) is 2.71. The molecule has 1 aliphatic rings. The van der Waals surface area contributed by atoms with Crippen molar-refractivity contribution < 1.29 is 29.0 Å². The topological polar surface area (TPSA) is 93.1 Å². The van der Waals surface area contributed by atoms with Gasteiger partial charge in [-0.2, -0.15) is 0 Å². The highest BCUT2D eigenvalue weighted by Gasteiger charge is 2.47. The fourth-order valence-corrected chi connectivity index (χ4v) is 4.68. The Morgan fingerprint density at radius 3 is 2.15 bits per heavy atom. The number of rotatable bonds is 8. The second-order valence-corrected chi connectivity index (χ2v) is 9.92. The standard InChI is InChI=1S/C32H33NO6/c1-6-38-26-17-14-23(18-25(26)19(2)3)29(34)27-28(21-10-8-7-9-11-21)33(31(36)30(27)35)24-15-12-22(13-16-24)32(37)39-20(4)5/h7-20,28,34H,6H2,1-5H3/b29-27-. The van der Waals surface area contributed by atoms with Crippen molar-refractivity contribution >= 4 is 29.1 Å². The van der Waals surface area contributed by atoms with E-state index in [2.05, 4.69) is 0 Å². The Kier molecular flexibility index (Phi) is 8.19. The molecule has 202 valence electrons. The third-order valence-electron chi connectivity index (χ3n) is 6.49. The molecule has 1 atom stereocenters. The molecule has 4 rings (SSSR count). The van der Waals surface area contributed by atoms with E-state index in [4.69, 9.17) is 9.47 Å². The van der Waals surface area contributed by atoms with Crippen LogP contribution in [0.25, 0.3) is 5.76 Å². The number of hydrogen-bond donors (Lipinski definition) is 1. The van der Waals surface area contributed by atoms with E-state index in [1.165, 1.54) is 4.90 Å². The Labute approximate surface area is 228 Å². The molecule has 7 nitrogen and oxygen atoms in total. The lowest BCUT2D eigenvalue weighted by Crippen LogP contribution is -2.29. The van der Waals surface area contributed by atoms with Crippen molar-refractivity contribution in [3.8, 4) is 5.75 Å². The second-order valence-electron chi connectivity index (χ2n) is 9.92. The lowest BCUT2D eigenvalue weighted by molar-refractivity contribution is -0.132. The SMILES string of the molecule is CCOc1ccc(/C(O)=C2/C(=O)C(=O)N(c3ccc(C(=O)OC(C)C)cc3)C2c2ccccc2)cc1C(C)C. The summed E-state index contributed by atoms with van der Waals surface area (Å²) in [6.07, 6.45) is -0.271. The minimum Gasteiger partial charge on any atom is -0.507 e. The van der Waals surface area contributed by atoms with E-state index in [0.29, 0.717) is 34.7 Å². The van der Waals surface area contributed by atoms with Crippen LogP contribution in [0.4, 0.5) is 5.69 Å². The van der Waals surface area contributed by atoms with Gasteiger partial charge in [-0.25, -0.2) is 4.79 Å². The summed E-state index contributed by atoms with van der Waals surface area (Å²) in [6, 6.07) is 19.8. The summed E-state index contributed by atoms with van der Waals surface area (Å²) >= 11 is 0. The molecule has 1 unspecified atom stereocenters. The Balaban J connectivity index is 1.84. The molecule has 3 aromatic rings. The van der Waals surface area contributed by atoms with Crippen molar-refractivity contribution in [2.75, 3.05) is 11.5 Å². The Hall–Kier alpha value is -4.39. The summed E-state index contributed by atoms with van der Waals surface area (Å²) < 4.78 is 11.0. The Morgan fingerprint density at radius 2 is 1.56 bits per heavy atom. The number of Topliss-reactive ketones (excluding diaryl/α,β-unsaturated/α-hetero) is 1. The second kappa shape index (κ2) is 11.6. The quantitative estimate of drug-likeness (QED) is 0.158. The number of ether oxygens (including phenoxy) is 2. The van der Waals surface area contributed by atoms with Crippen molar-refractivity contribution in [1.29, 1.82) is 0 Å². The summed E-state index contributed by atoms with van der Waals surface area (Å²) in [5, 5.41) is 11.5. The van der Waals surface area contributed by atoms with Gasteiger partial charge in [0.1, 0.15) is 11.5 Å². The maximum absolute atomic E-state index is 13.5. The van der Waals surface area contributed by atoms with Crippen molar-refractivity contribution in [2.24, 2.45) is 0 Å². The molecule has 0 aromatic heterocycles. The lowest BCUT2D eigenvalue weighted by Gasteiger charge is -2.25. The number of hydrogen-bond acceptors (Lipinski definition) is 6. The normalized spacial score (nSPS) is 16.7. The zero-order chi connectivity index (χ0) is 28.3. The zero-order valence-electron chi connectivity index (χ0n) is 22.8. The molecular formula is C32H33NO6. The van der Waals surface area contributed by atoms with Crippen LogP contribution in [0.3, 0.4) is 0 Å². The van der Waals surface area contributed by atoms with Crippen molar-refractivity contribution in [3.63, 3.8) is 0 Å². The molecule has 0 radical (unpaired) electrons. The lowest BCUT2D eigenvalue weighted by atomic mass is 9.93. The summed E-state index contributed by atoms with van der Waals surface area (Å²) in [5.74, 6) is -1.48. The minimum atomic E-state index is -0.867. The third kappa shape index (κ3) is 5.58. The first-order valence-corrected chi connectivity index (χ1v) is 13.1. The molecular weight excluding hydrogens is 494 g/mol. The van der Waals surface area contributed by atoms with Crippen molar-refractivity contribution in [3.05, 3.63) is 101 Å². The molecule has 1 N–H and O–H groups in total. The van der Waals surface area contributed by atoms with E-state index >= 15 is 0 Å². The smallest absolute Gasteiger partial charge is 0.338 e. The molecule has 1 heterocycles. The van der Waals surface area contributed by atoms with E-state index < -0.39 is 23.7 Å². The van der Waals surface area contributed by atoms with Gasteiger partial charge >= 0.3 is 5.97 Å². The monoisotopic (exact) mass is 527 g/mol. The average Bonchev–Trinajstić information content (AvgIpc) is 3.18. The first kappa shape index (κ1) is 27.6. The van der Waals surface area contributed by atoms with Gasteiger partial charge in [0.2, 0.25) is 0 Å². The molecule has 0 aliphatic carbocycles. The van der Waals surface area contributed by atoms with Gasteiger partial charge in [-0.15, -0.1) is 0 Å². The van der Waals surface area contributed by atoms with E-state index in [9.17, 15) is 19.5 Å². The maximum atomic E-state index is 13.5. The van der Waals surface area contributed by atoms with Crippen LogP contribution in [0, 0.1) is 0 Å². The van der Waals surface area contributed by atoms with Gasteiger partial charge < -0.3 is 14.6 Å². The predicted molar refractivity (Wildman–Crippen MR) is 150 cm³/mol. The predicted octanol–water partition coefficient (Wildman–Crippen LogP) is 6.40. The van der Waals surface area contributed by atoms with Crippen LogP contribution in [0.2, 0.25) is 0 Å². The van der Waals surface area contributed by atoms with E-state index in [0.717, 1.165) is 5.56 Å². The first-order chi connectivity index (χ1) is 18.6. The van der Waals surface area contributed by atoms with Crippen molar-refractivity contribution in [1.82, 2.24) is 0 Å². The first-order valence-electron chi connectivity index (χ1n) is 13.1. The summed E-state index contributed by atoms with van der Waals surface area (Å²) in [7, 11) is 0. The largest absolute Gasteiger partial charge is 0.507 e. The van der Waals surface area contributed by atoms with Crippen molar-refractivity contribution in [2.45, 2.75) is 52.7 Å². The fraction of sp³-hybridized carbons (Fsp3) is 0.281. The number of aliphatic hydroxyl groups is 1. The molecule has 3 aromatic carbocycles. The molecule has 0 saturated carbocycles. The number of esters is 1. The van der Waals surface area contributed by atoms with Gasteiger partial charge in [-0.3, -0.25) is 14.5 Å². The number of anilines is 1. The zero-order valence-corrected chi connectivity index (χ0v) is 22.8. The molecule has 1 saturated heterocycles. The molecule has 1 aliphatic heterocycles. The van der Waals surface area contributed by atoms with Gasteiger partial charge in [-0.1, -0.05) is 44.2 Å². The molecule has 39 heavy (non-hydrogen) atoms. The minimum absolute atomic E-state index is 0.00615. The highest BCUT2D eigenvalue weighted by Crippen LogP contribution is 2.42. The average molecular weight is 528 g/mol. The van der Waals surface area contributed by atoms with E-state index in [-0.39, 0.29) is 23.4 Å². The van der Waals surface area contributed by atoms with Crippen LogP contribution < -0.4 is 9.64 Å². The number of amides is 1. The molecule has 1 fully saturated rings. The number of ketones is 1. The number of benzene rings is 3. The van der Waals surface area contributed by atoms with Gasteiger partial charge in [0.15, 0.2) is 0 Å². The molecule has 1 amide bonds. The Morgan fingerprint density at radius 1 is 0.923 bits per heavy atom. The number of nitrogens with zero attached hydrogens (tertiary/aromatic N) is 1. The summed E-state index contributed by atoms with van der Waals surface area (Å²) in [4.78, 5) is 40.6. The molecule has 0 spiro atoms. The van der Waals surface area contributed by atoms with E-state index in [1.807, 2.05) is 51.1 Å².